The Balaban J connectivity index is 1.63. The number of nitrogen functional groups attached to an aromatic ring is 1. The Morgan fingerprint density at radius 2 is 1.92 bits per heavy atom. The smallest absolute Gasteiger partial charge is 0.175 e. The molecule has 1 saturated heterocycles. The van der Waals surface area contributed by atoms with E-state index in [0.29, 0.717) is 5.56 Å². The molecule has 0 bridgehead atoms. The normalized spacial score (nSPS) is 16.7. The Hall–Kier alpha value is -2.12. The van der Waals surface area contributed by atoms with Gasteiger partial charge in [-0.1, -0.05) is 0 Å². The van der Waals surface area contributed by atoms with Crippen molar-refractivity contribution in [2.75, 3.05) is 25.1 Å². The molecule has 1 aliphatic heterocycles. The first-order valence-electron chi connectivity index (χ1n) is 8.65. The maximum atomic E-state index is 12.8. The molecule has 3 rings (SSSR count). The molecule has 0 radical (unpaired) electrons. The molecule has 26 heavy (non-hydrogen) atoms. The summed E-state index contributed by atoms with van der Waals surface area (Å²) in [5.41, 5.74) is 6.59. The van der Waals surface area contributed by atoms with Gasteiger partial charge in [0.05, 0.1) is 11.4 Å². The number of anilines is 1. The summed E-state index contributed by atoms with van der Waals surface area (Å²) in [6.07, 6.45) is 2.64. The number of benzene rings is 1. The van der Waals surface area contributed by atoms with Crippen molar-refractivity contribution in [3.63, 3.8) is 0 Å². The van der Waals surface area contributed by atoms with Crippen molar-refractivity contribution in [1.29, 1.82) is 0 Å². The Morgan fingerprint density at radius 3 is 2.46 bits per heavy atom. The van der Waals surface area contributed by atoms with Crippen molar-refractivity contribution < 1.29 is 17.6 Å². The molecule has 0 saturated carbocycles. The highest BCUT2D eigenvalue weighted by atomic mass is 32.2. The van der Waals surface area contributed by atoms with E-state index < -0.39 is 9.84 Å². The van der Waals surface area contributed by atoms with Crippen LogP contribution in [0.4, 0.5) is 5.69 Å². The molecule has 1 aromatic heterocycles. The van der Waals surface area contributed by atoms with Crippen LogP contribution in [0.1, 0.15) is 34.7 Å². The molecule has 1 aromatic carbocycles. The van der Waals surface area contributed by atoms with E-state index in [0.717, 1.165) is 50.3 Å². The highest BCUT2D eigenvalue weighted by Crippen LogP contribution is 2.27. The highest BCUT2D eigenvalue weighted by molar-refractivity contribution is 7.90. The molecule has 6 nitrogen and oxygen atoms in total. The third kappa shape index (κ3) is 4.16. The van der Waals surface area contributed by atoms with Crippen LogP contribution >= 0.6 is 0 Å². The van der Waals surface area contributed by atoms with Crippen LogP contribution < -0.4 is 5.73 Å². The molecule has 0 atom stereocenters. The van der Waals surface area contributed by atoms with Gasteiger partial charge in [0.25, 0.3) is 0 Å². The van der Waals surface area contributed by atoms with Crippen LogP contribution in [-0.2, 0) is 16.4 Å². The first-order valence-corrected chi connectivity index (χ1v) is 10.5. The second-order valence-corrected chi connectivity index (χ2v) is 8.96. The molecule has 0 amide bonds. The number of ketones is 1. The van der Waals surface area contributed by atoms with Crippen LogP contribution in [0, 0.1) is 12.8 Å². The number of furan rings is 1. The van der Waals surface area contributed by atoms with Crippen molar-refractivity contribution in [2.45, 2.75) is 31.2 Å². The second-order valence-electron chi connectivity index (χ2n) is 6.95. The van der Waals surface area contributed by atoms with Crippen molar-refractivity contribution in [3.05, 3.63) is 47.4 Å². The molecule has 0 unspecified atom stereocenters. The number of sulfone groups is 1. The minimum Gasteiger partial charge on any atom is -0.465 e. The predicted molar refractivity (Wildman–Crippen MR) is 99.7 cm³/mol. The van der Waals surface area contributed by atoms with Gasteiger partial charge in [-0.2, -0.15) is 0 Å². The largest absolute Gasteiger partial charge is 0.465 e. The van der Waals surface area contributed by atoms with Gasteiger partial charge in [0.15, 0.2) is 15.6 Å². The zero-order valence-corrected chi connectivity index (χ0v) is 15.9. The van der Waals surface area contributed by atoms with Gasteiger partial charge in [-0.05, 0) is 63.2 Å². The second kappa shape index (κ2) is 7.25. The molecular weight excluding hydrogens is 352 g/mol. The number of hydrogen-bond donors (Lipinski definition) is 1. The molecule has 2 heterocycles. The number of Topliss-reactive ketones (excluding diaryl/α,β-unsaturated/α-hetero) is 1. The summed E-state index contributed by atoms with van der Waals surface area (Å²) in [6.45, 7) is 4.31. The van der Waals surface area contributed by atoms with Gasteiger partial charge in [0, 0.05) is 23.4 Å². The van der Waals surface area contributed by atoms with E-state index >= 15 is 0 Å². The lowest BCUT2D eigenvalue weighted by Crippen LogP contribution is -2.36. The maximum absolute atomic E-state index is 12.8. The molecule has 140 valence electrons. The number of piperidine rings is 1. The number of carbonyl (C=O) groups is 1. The van der Waals surface area contributed by atoms with Gasteiger partial charge >= 0.3 is 0 Å². The van der Waals surface area contributed by atoms with E-state index in [4.69, 9.17) is 10.2 Å². The van der Waals surface area contributed by atoms with Gasteiger partial charge in [0.2, 0.25) is 0 Å². The van der Waals surface area contributed by atoms with Gasteiger partial charge < -0.3 is 10.2 Å². The standard InChI is InChI=1S/C19H24N2O4S/c1-13-3-4-15(25-13)12-21-9-7-14(8-10-21)19(22)17-6-5-16(11-18(17)20)26(2,23)24/h3-6,11,14H,7-10,12,20H2,1-2H3. The fraction of sp³-hybridized carbons (Fsp3) is 0.421. The average molecular weight is 376 g/mol. The minimum atomic E-state index is -3.33. The van der Waals surface area contributed by atoms with E-state index in [-0.39, 0.29) is 22.3 Å². The van der Waals surface area contributed by atoms with E-state index in [1.807, 2.05) is 19.1 Å². The molecule has 0 spiro atoms. The first kappa shape index (κ1) is 18.7. The van der Waals surface area contributed by atoms with Crippen LogP contribution in [-0.4, -0.2) is 38.4 Å². The number of nitrogens with zero attached hydrogens (tertiary/aromatic N) is 1. The number of carbonyl (C=O) groups excluding carboxylic acids is 1. The van der Waals surface area contributed by atoms with Crippen LogP contribution in [0.25, 0.3) is 0 Å². The predicted octanol–water partition coefficient (Wildman–Crippen LogP) is 2.67. The summed E-state index contributed by atoms with van der Waals surface area (Å²) in [5, 5.41) is 0. The SMILES string of the molecule is Cc1ccc(CN2CCC(C(=O)c3ccc(S(C)(=O)=O)cc3N)CC2)o1. The summed E-state index contributed by atoms with van der Waals surface area (Å²) in [4.78, 5) is 15.2. The van der Waals surface area contributed by atoms with Gasteiger partial charge in [-0.15, -0.1) is 0 Å². The highest BCUT2D eigenvalue weighted by Gasteiger charge is 2.27. The quantitative estimate of drug-likeness (QED) is 0.637. The number of aryl methyl sites for hydroxylation is 1. The number of rotatable bonds is 5. The van der Waals surface area contributed by atoms with E-state index in [1.54, 1.807) is 0 Å². The Labute approximate surface area is 153 Å². The van der Waals surface area contributed by atoms with Crippen molar-refractivity contribution >= 4 is 21.3 Å². The molecule has 1 aliphatic rings. The molecule has 0 aliphatic carbocycles. The van der Waals surface area contributed by atoms with Gasteiger partial charge in [-0.25, -0.2) is 8.42 Å². The zero-order chi connectivity index (χ0) is 18.9. The fourth-order valence-corrected chi connectivity index (χ4v) is 4.02. The van der Waals surface area contributed by atoms with E-state index in [2.05, 4.69) is 4.90 Å². The summed E-state index contributed by atoms with van der Waals surface area (Å²) in [6, 6.07) is 8.29. The zero-order valence-electron chi connectivity index (χ0n) is 15.1. The van der Waals surface area contributed by atoms with E-state index in [9.17, 15) is 13.2 Å². The molecule has 2 aromatic rings. The Morgan fingerprint density at radius 1 is 1.23 bits per heavy atom. The summed E-state index contributed by atoms with van der Waals surface area (Å²) in [5.74, 6) is 1.75. The average Bonchev–Trinajstić information content (AvgIpc) is 2.99. The fourth-order valence-electron chi connectivity index (χ4n) is 3.36. The van der Waals surface area contributed by atoms with Gasteiger partial charge in [0.1, 0.15) is 11.5 Å². The third-order valence-corrected chi connectivity index (χ3v) is 5.96. The molecule has 2 N–H and O–H groups in total. The monoisotopic (exact) mass is 376 g/mol. The third-order valence-electron chi connectivity index (χ3n) is 4.85. The maximum Gasteiger partial charge on any atom is 0.175 e. The topological polar surface area (TPSA) is 93.6 Å². The Bertz CT molecular complexity index is 909. The van der Waals surface area contributed by atoms with Gasteiger partial charge in [-0.3, -0.25) is 9.69 Å². The van der Waals surface area contributed by atoms with Crippen molar-refractivity contribution in [1.82, 2.24) is 4.90 Å². The number of likely N-dealkylation sites (tertiary alicyclic amines) is 1. The summed E-state index contributed by atoms with van der Waals surface area (Å²) < 4.78 is 28.8. The minimum absolute atomic E-state index is 0.00366. The van der Waals surface area contributed by atoms with Crippen LogP contribution in [0.5, 0.6) is 0 Å². The molecule has 1 fully saturated rings. The lowest BCUT2D eigenvalue weighted by molar-refractivity contribution is 0.0830. The van der Waals surface area contributed by atoms with Crippen molar-refractivity contribution in [2.24, 2.45) is 5.92 Å². The van der Waals surface area contributed by atoms with Crippen LogP contribution in [0.3, 0.4) is 0 Å². The van der Waals surface area contributed by atoms with Crippen molar-refractivity contribution in [3.8, 4) is 0 Å². The lowest BCUT2D eigenvalue weighted by atomic mass is 9.88. The Kier molecular flexibility index (Phi) is 5.20. The summed E-state index contributed by atoms with van der Waals surface area (Å²) >= 11 is 0. The van der Waals surface area contributed by atoms with Crippen LogP contribution in [0.2, 0.25) is 0 Å². The first-order chi connectivity index (χ1) is 12.2. The molecular formula is C19H24N2O4S. The number of nitrogens with two attached hydrogens (primary N) is 1. The number of hydrogen-bond acceptors (Lipinski definition) is 6. The lowest BCUT2D eigenvalue weighted by Gasteiger charge is -2.30. The van der Waals surface area contributed by atoms with Crippen LogP contribution in [0.15, 0.2) is 39.6 Å². The van der Waals surface area contributed by atoms with E-state index in [1.165, 1.54) is 18.2 Å². The molecule has 7 heteroatoms. The summed E-state index contributed by atoms with van der Waals surface area (Å²) in [7, 11) is -3.33.